The third-order valence-corrected chi connectivity index (χ3v) is 10.3. The molecule has 0 N–H and O–H groups in total. The van der Waals surface area contributed by atoms with Gasteiger partial charge in [0.1, 0.15) is 15.9 Å². The molecular formula is C24H30N6O5S2. The average Bonchev–Trinajstić information content (AvgIpc) is 3.63. The fraction of sp³-hybridized carbons (Fsp3) is 0.625. The Bertz CT molecular complexity index is 1350. The van der Waals surface area contributed by atoms with Crippen LogP contribution in [0.1, 0.15) is 62.1 Å². The van der Waals surface area contributed by atoms with Gasteiger partial charge in [0.25, 0.3) is 0 Å². The number of carbonyl (C=O) groups is 1. The zero-order valence-corrected chi connectivity index (χ0v) is 22.1. The maximum Gasteiger partial charge on any atom is 0.245 e. The summed E-state index contributed by atoms with van der Waals surface area (Å²) in [6, 6.07) is 5.03. The monoisotopic (exact) mass is 546 g/mol. The van der Waals surface area contributed by atoms with Gasteiger partial charge >= 0.3 is 0 Å². The maximum absolute atomic E-state index is 13.3. The van der Waals surface area contributed by atoms with E-state index < -0.39 is 10.0 Å². The zero-order valence-electron chi connectivity index (χ0n) is 20.5. The third kappa shape index (κ3) is 4.89. The summed E-state index contributed by atoms with van der Waals surface area (Å²) in [6.07, 6.45) is 4.45. The lowest BCUT2D eigenvalue weighted by atomic mass is 9.92. The third-order valence-electron chi connectivity index (χ3n) is 7.87. The predicted molar refractivity (Wildman–Crippen MR) is 135 cm³/mol. The van der Waals surface area contributed by atoms with Crippen molar-refractivity contribution in [1.29, 1.82) is 0 Å². The molecule has 0 unspecified atom stereocenters. The molecule has 0 radical (unpaired) electrons. The molecule has 3 aromatic rings. The molecule has 6 rings (SSSR count). The number of hydrogen-bond acceptors (Lipinski definition) is 10. The number of rotatable bonds is 5. The molecule has 2 aromatic heterocycles. The smallest absolute Gasteiger partial charge is 0.245 e. The van der Waals surface area contributed by atoms with Gasteiger partial charge in [-0.3, -0.25) is 4.79 Å². The molecule has 3 fully saturated rings. The van der Waals surface area contributed by atoms with Crippen molar-refractivity contribution in [2.45, 2.75) is 55.3 Å². The van der Waals surface area contributed by atoms with Gasteiger partial charge in [0.2, 0.25) is 21.8 Å². The van der Waals surface area contributed by atoms with Gasteiger partial charge in [-0.1, -0.05) is 11.2 Å². The van der Waals surface area contributed by atoms with Gasteiger partial charge in [-0.15, -0.1) is 0 Å². The van der Waals surface area contributed by atoms with Crippen LogP contribution in [0.25, 0.3) is 11.0 Å². The Morgan fingerprint density at radius 3 is 2.46 bits per heavy atom. The van der Waals surface area contributed by atoms with Crippen LogP contribution in [0.3, 0.4) is 0 Å². The highest BCUT2D eigenvalue weighted by molar-refractivity contribution is 7.89. The molecule has 1 amide bonds. The molecule has 5 heterocycles. The van der Waals surface area contributed by atoms with Crippen LogP contribution in [0, 0.1) is 5.92 Å². The first-order valence-electron chi connectivity index (χ1n) is 12.9. The lowest BCUT2D eigenvalue weighted by Gasteiger charge is -2.36. The van der Waals surface area contributed by atoms with Crippen LogP contribution < -0.4 is 0 Å². The van der Waals surface area contributed by atoms with E-state index in [2.05, 4.69) is 18.9 Å². The standard InChI is InChI=1S/C24H30N6O5S2/c31-24(29-10-4-17(5-11-29)23-25-22(26-35-23)16-8-14-34-15-9-16)18-6-12-30(13-7-18)37(32,33)20-3-1-2-19-21(20)28-36-27-19/h1-3,16-18H,4-15H2. The number of likely N-dealkylation sites (tertiary alicyclic amines) is 1. The lowest BCUT2D eigenvalue weighted by molar-refractivity contribution is -0.137. The number of hydrogen-bond donors (Lipinski definition) is 0. The number of carbonyl (C=O) groups excluding carboxylic acids is 1. The molecule has 3 saturated heterocycles. The van der Waals surface area contributed by atoms with Crippen LogP contribution in [-0.2, 0) is 19.6 Å². The second-order valence-electron chi connectivity index (χ2n) is 10.0. The summed E-state index contributed by atoms with van der Waals surface area (Å²) in [5.74, 6) is 1.88. The lowest BCUT2D eigenvalue weighted by Crippen LogP contribution is -2.46. The molecule has 37 heavy (non-hydrogen) atoms. The van der Waals surface area contributed by atoms with E-state index in [4.69, 9.17) is 9.26 Å². The number of fused-ring (bicyclic) bond motifs is 1. The number of amides is 1. The number of benzene rings is 1. The Hall–Kier alpha value is -2.48. The first kappa shape index (κ1) is 24.8. The second kappa shape index (κ2) is 10.4. The fourth-order valence-corrected chi connectivity index (χ4v) is 7.83. The first-order chi connectivity index (χ1) is 18.0. The van der Waals surface area contributed by atoms with Crippen molar-refractivity contribution in [3.8, 4) is 0 Å². The summed E-state index contributed by atoms with van der Waals surface area (Å²) >= 11 is 1.01. The number of ether oxygens (including phenoxy) is 1. The van der Waals surface area contributed by atoms with Gasteiger partial charge in [0, 0.05) is 57.1 Å². The highest BCUT2D eigenvalue weighted by Crippen LogP contribution is 2.33. The van der Waals surface area contributed by atoms with Crippen LogP contribution in [-0.4, -0.2) is 81.8 Å². The van der Waals surface area contributed by atoms with Gasteiger partial charge in [0.15, 0.2) is 5.82 Å². The molecule has 3 aliphatic heterocycles. The van der Waals surface area contributed by atoms with Crippen molar-refractivity contribution in [2.75, 3.05) is 39.4 Å². The van der Waals surface area contributed by atoms with Crippen molar-refractivity contribution in [3.63, 3.8) is 0 Å². The van der Waals surface area contributed by atoms with Crippen LogP contribution in [0.2, 0.25) is 0 Å². The number of sulfonamides is 1. The fourth-order valence-electron chi connectivity index (χ4n) is 5.61. The highest BCUT2D eigenvalue weighted by atomic mass is 32.2. The minimum absolute atomic E-state index is 0.120. The summed E-state index contributed by atoms with van der Waals surface area (Å²) < 4.78 is 47.4. The average molecular weight is 547 g/mol. The second-order valence-corrected chi connectivity index (χ2v) is 12.5. The van der Waals surface area contributed by atoms with Crippen molar-refractivity contribution in [2.24, 2.45) is 5.92 Å². The summed E-state index contributed by atoms with van der Waals surface area (Å²) in [6.45, 7) is 3.41. The molecule has 198 valence electrons. The van der Waals surface area contributed by atoms with E-state index in [1.165, 1.54) is 4.31 Å². The summed E-state index contributed by atoms with van der Waals surface area (Å²) in [4.78, 5) is 20.0. The van der Waals surface area contributed by atoms with Gasteiger partial charge in [-0.2, -0.15) is 18.0 Å². The Kier molecular flexibility index (Phi) is 6.95. The minimum atomic E-state index is -3.69. The normalized spacial score (nSPS) is 21.6. The summed E-state index contributed by atoms with van der Waals surface area (Å²) in [5.41, 5.74) is 0.995. The van der Waals surface area contributed by atoms with Crippen LogP contribution in [0.15, 0.2) is 27.6 Å². The Labute approximate surface area is 219 Å². The molecule has 0 atom stereocenters. The van der Waals surface area contributed by atoms with E-state index in [9.17, 15) is 13.2 Å². The Morgan fingerprint density at radius 2 is 1.70 bits per heavy atom. The molecule has 0 saturated carbocycles. The molecule has 0 spiro atoms. The molecule has 13 heteroatoms. The predicted octanol–water partition coefficient (Wildman–Crippen LogP) is 2.78. The first-order valence-corrected chi connectivity index (χ1v) is 15.1. The summed E-state index contributed by atoms with van der Waals surface area (Å²) in [7, 11) is -3.69. The molecule has 11 nitrogen and oxygen atoms in total. The van der Waals surface area contributed by atoms with E-state index in [1.54, 1.807) is 18.2 Å². The van der Waals surface area contributed by atoms with Gasteiger partial charge in [-0.05, 0) is 50.7 Å². The van der Waals surface area contributed by atoms with E-state index >= 15 is 0 Å². The van der Waals surface area contributed by atoms with E-state index in [0.717, 1.165) is 56.4 Å². The Balaban J connectivity index is 1.03. The minimum Gasteiger partial charge on any atom is -0.381 e. The van der Waals surface area contributed by atoms with Crippen molar-refractivity contribution in [1.82, 2.24) is 28.1 Å². The van der Waals surface area contributed by atoms with Crippen molar-refractivity contribution >= 4 is 38.7 Å². The van der Waals surface area contributed by atoms with Gasteiger partial charge < -0.3 is 14.2 Å². The molecular weight excluding hydrogens is 516 g/mol. The number of nitrogens with zero attached hydrogens (tertiary/aromatic N) is 6. The van der Waals surface area contributed by atoms with E-state index in [1.807, 2.05) is 4.90 Å². The number of aromatic nitrogens is 4. The zero-order chi connectivity index (χ0) is 25.4. The largest absolute Gasteiger partial charge is 0.381 e. The van der Waals surface area contributed by atoms with Crippen LogP contribution in [0.4, 0.5) is 0 Å². The topological polar surface area (TPSA) is 132 Å². The van der Waals surface area contributed by atoms with Crippen LogP contribution in [0.5, 0.6) is 0 Å². The molecule has 0 bridgehead atoms. The highest BCUT2D eigenvalue weighted by Gasteiger charge is 2.36. The summed E-state index contributed by atoms with van der Waals surface area (Å²) in [5, 5.41) is 4.22. The maximum atomic E-state index is 13.3. The van der Waals surface area contributed by atoms with Gasteiger partial charge in [-0.25, -0.2) is 8.42 Å². The Morgan fingerprint density at radius 1 is 0.946 bits per heavy atom. The molecule has 0 aliphatic carbocycles. The van der Waals surface area contributed by atoms with E-state index in [0.29, 0.717) is 61.9 Å². The van der Waals surface area contributed by atoms with E-state index in [-0.39, 0.29) is 22.6 Å². The number of piperidine rings is 2. The van der Waals surface area contributed by atoms with Crippen LogP contribution >= 0.6 is 11.7 Å². The van der Waals surface area contributed by atoms with Crippen molar-refractivity contribution < 1.29 is 22.5 Å². The molecule has 1 aromatic carbocycles. The SMILES string of the molecule is O=C(C1CCN(S(=O)(=O)c2cccc3nsnc23)CC1)N1CCC(c2nc(C3CCOCC3)no2)CC1. The van der Waals surface area contributed by atoms with Crippen molar-refractivity contribution in [3.05, 3.63) is 29.9 Å². The molecule has 3 aliphatic rings. The van der Waals surface area contributed by atoms with Gasteiger partial charge in [0.05, 0.1) is 11.7 Å². The quantitative estimate of drug-likeness (QED) is 0.474.